The highest BCUT2D eigenvalue weighted by Gasteiger charge is 2.35. The maximum absolute atomic E-state index is 12.9. The summed E-state index contributed by atoms with van der Waals surface area (Å²) in [6.45, 7) is 5.39. The zero-order valence-electron chi connectivity index (χ0n) is 19.2. The number of anilines is 2. The second-order valence-corrected chi connectivity index (χ2v) is 11.0. The Kier molecular flexibility index (Phi) is 6.86. The third kappa shape index (κ3) is 5.28. The van der Waals surface area contributed by atoms with Crippen LogP contribution in [0.1, 0.15) is 43.2 Å². The van der Waals surface area contributed by atoms with Crippen LogP contribution < -0.4 is 10.2 Å². The number of nitrogens with zero attached hydrogens (tertiary/aromatic N) is 2. The van der Waals surface area contributed by atoms with Gasteiger partial charge in [0.15, 0.2) is 0 Å². The second kappa shape index (κ2) is 9.65. The molecule has 8 heteroatoms. The zero-order valence-corrected chi connectivity index (χ0v) is 20.0. The molecular formula is C25H31N3O4S. The quantitative estimate of drug-likeness (QED) is 0.720. The normalized spacial score (nSPS) is 20.0. The molecule has 1 N–H and O–H groups in total. The van der Waals surface area contributed by atoms with E-state index < -0.39 is 15.9 Å². The van der Waals surface area contributed by atoms with E-state index in [9.17, 15) is 18.0 Å². The lowest BCUT2D eigenvalue weighted by molar-refractivity contribution is -0.122. The van der Waals surface area contributed by atoms with Gasteiger partial charge in [0.25, 0.3) is 0 Å². The van der Waals surface area contributed by atoms with Crippen molar-refractivity contribution >= 4 is 33.2 Å². The fourth-order valence-electron chi connectivity index (χ4n) is 4.62. The Labute approximate surface area is 195 Å². The van der Waals surface area contributed by atoms with Crippen LogP contribution in [-0.4, -0.2) is 44.2 Å². The summed E-state index contributed by atoms with van der Waals surface area (Å²) in [5, 5.41) is 2.84. The third-order valence-corrected chi connectivity index (χ3v) is 8.25. The summed E-state index contributed by atoms with van der Waals surface area (Å²) in [4.78, 5) is 27.3. The van der Waals surface area contributed by atoms with E-state index in [-0.39, 0.29) is 23.1 Å². The first-order valence-corrected chi connectivity index (χ1v) is 13.0. The molecule has 4 rings (SSSR count). The highest BCUT2D eigenvalue weighted by molar-refractivity contribution is 7.89. The van der Waals surface area contributed by atoms with Crippen LogP contribution in [0, 0.1) is 19.8 Å². The van der Waals surface area contributed by atoms with Gasteiger partial charge < -0.3 is 10.2 Å². The molecule has 2 aliphatic rings. The molecule has 2 aromatic carbocycles. The van der Waals surface area contributed by atoms with E-state index >= 15 is 0 Å². The Morgan fingerprint density at radius 1 is 0.939 bits per heavy atom. The SMILES string of the molecule is Cc1cc(C)cc(N2CC(C(=O)Nc3ccc(S(=O)(=O)N4CCCCCC4)cc3)CC2=O)c1. The lowest BCUT2D eigenvalue weighted by Crippen LogP contribution is -2.32. The fraction of sp³-hybridized carbons (Fsp3) is 0.440. The number of carbonyl (C=O) groups is 2. The molecule has 0 bridgehead atoms. The Hall–Kier alpha value is -2.71. The Balaban J connectivity index is 1.41. The van der Waals surface area contributed by atoms with E-state index in [2.05, 4.69) is 5.32 Å². The summed E-state index contributed by atoms with van der Waals surface area (Å²) in [7, 11) is -3.53. The van der Waals surface area contributed by atoms with Crippen molar-refractivity contribution in [1.29, 1.82) is 0 Å². The molecule has 2 saturated heterocycles. The highest BCUT2D eigenvalue weighted by atomic mass is 32.2. The molecule has 0 aliphatic carbocycles. The predicted molar refractivity (Wildman–Crippen MR) is 129 cm³/mol. The van der Waals surface area contributed by atoms with Gasteiger partial charge in [-0.3, -0.25) is 9.59 Å². The lowest BCUT2D eigenvalue weighted by atomic mass is 10.1. The van der Waals surface area contributed by atoms with Gasteiger partial charge in [0.05, 0.1) is 10.8 Å². The van der Waals surface area contributed by atoms with Gasteiger partial charge in [-0.2, -0.15) is 4.31 Å². The number of rotatable bonds is 5. The average molecular weight is 470 g/mol. The minimum atomic E-state index is -3.53. The smallest absolute Gasteiger partial charge is 0.243 e. The van der Waals surface area contributed by atoms with Gasteiger partial charge in [-0.05, 0) is 74.2 Å². The summed E-state index contributed by atoms with van der Waals surface area (Å²) in [6.07, 6.45) is 4.03. The van der Waals surface area contributed by atoms with Gasteiger partial charge in [-0.1, -0.05) is 18.9 Å². The first kappa shape index (κ1) is 23.4. The molecule has 176 valence electrons. The van der Waals surface area contributed by atoms with Crippen LogP contribution in [0.5, 0.6) is 0 Å². The van der Waals surface area contributed by atoms with Crippen LogP contribution in [0.25, 0.3) is 0 Å². The molecule has 1 unspecified atom stereocenters. The maximum atomic E-state index is 12.9. The van der Waals surface area contributed by atoms with Gasteiger partial charge in [-0.25, -0.2) is 8.42 Å². The maximum Gasteiger partial charge on any atom is 0.243 e. The molecular weight excluding hydrogens is 438 g/mol. The molecule has 0 aromatic heterocycles. The average Bonchev–Trinajstić information content (AvgIpc) is 2.96. The third-order valence-electron chi connectivity index (χ3n) is 6.34. The van der Waals surface area contributed by atoms with Gasteiger partial charge >= 0.3 is 0 Å². The zero-order chi connectivity index (χ0) is 23.6. The molecule has 33 heavy (non-hydrogen) atoms. The second-order valence-electron chi connectivity index (χ2n) is 9.08. The summed E-state index contributed by atoms with van der Waals surface area (Å²) in [6, 6.07) is 12.3. The standard InChI is InChI=1S/C25H31N3O4S/c1-18-13-19(2)15-22(14-18)28-17-20(16-24(28)29)25(30)26-21-7-9-23(10-8-21)33(31,32)27-11-5-3-4-6-12-27/h7-10,13-15,20H,3-6,11-12,16-17H2,1-2H3,(H,26,30). The predicted octanol–water partition coefficient (Wildman–Crippen LogP) is 3.86. The molecule has 2 aliphatic heterocycles. The van der Waals surface area contributed by atoms with E-state index in [0.717, 1.165) is 42.5 Å². The van der Waals surface area contributed by atoms with Crippen molar-refractivity contribution in [3.05, 3.63) is 53.6 Å². The number of aryl methyl sites for hydroxylation is 2. The van der Waals surface area contributed by atoms with Crippen molar-refractivity contribution < 1.29 is 18.0 Å². The van der Waals surface area contributed by atoms with Crippen molar-refractivity contribution in [3.8, 4) is 0 Å². The van der Waals surface area contributed by atoms with Crippen molar-refractivity contribution in [3.63, 3.8) is 0 Å². The van der Waals surface area contributed by atoms with E-state index in [1.165, 1.54) is 12.1 Å². The topological polar surface area (TPSA) is 86.8 Å². The minimum Gasteiger partial charge on any atom is -0.326 e. The monoisotopic (exact) mass is 469 g/mol. The molecule has 2 fully saturated rings. The number of carbonyl (C=O) groups excluding carboxylic acids is 2. The Morgan fingerprint density at radius 3 is 2.15 bits per heavy atom. The number of hydrogen-bond donors (Lipinski definition) is 1. The molecule has 0 radical (unpaired) electrons. The number of amides is 2. The van der Waals surface area contributed by atoms with Crippen LogP contribution >= 0.6 is 0 Å². The van der Waals surface area contributed by atoms with Gasteiger partial charge in [0.1, 0.15) is 0 Å². The van der Waals surface area contributed by atoms with Crippen LogP contribution in [0.15, 0.2) is 47.4 Å². The van der Waals surface area contributed by atoms with Crippen molar-refractivity contribution in [2.45, 2.75) is 50.8 Å². The van der Waals surface area contributed by atoms with E-state index in [4.69, 9.17) is 0 Å². The molecule has 1 atom stereocenters. The van der Waals surface area contributed by atoms with E-state index in [1.54, 1.807) is 21.3 Å². The van der Waals surface area contributed by atoms with Gasteiger partial charge in [-0.15, -0.1) is 0 Å². The van der Waals surface area contributed by atoms with Crippen LogP contribution in [0.3, 0.4) is 0 Å². The summed E-state index contributed by atoms with van der Waals surface area (Å²) >= 11 is 0. The van der Waals surface area contributed by atoms with E-state index in [0.29, 0.717) is 25.3 Å². The fourth-order valence-corrected chi connectivity index (χ4v) is 6.14. The molecule has 2 amide bonds. The summed E-state index contributed by atoms with van der Waals surface area (Å²) in [5.74, 6) is -0.767. The summed E-state index contributed by atoms with van der Waals surface area (Å²) < 4.78 is 27.4. The number of benzene rings is 2. The molecule has 0 saturated carbocycles. The molecule has 7 nitrogen and oxygen atoms in total. The largest absolute Gasteiger partial charge is 0.326 e. The Morgan fingerprint density at radius 2 is 1.55 bits per heavy atom. The van der Waals surface area contributed by atoms with Gasteiger partial charge in [0, 0.05) is 37.4 Å². The lowest BCUT2D eigenvalue weighted by Gasteiger charge is -2.20. The number of hydrogen-bond acceptors (Lipinski definition) is 4. The van der Waals surface area contributed by atoms with Crippen LogP contribution in [0.4, 0.5) is 11.4 Å². The Bertz CT molecular complexity index is 1120. The minimum absolute atomic E-state index is 0.0703. The van der Waals surface area contributed by atoms with Crippen LogP contribution in [-0.2, 0) is 19.6 Å². The molecule has 2 heterocycles. The van der Waals surface area contributed by atoms with E-state index in [1.807, 2.05) is 32.0 Å². The van der Waals surface area contributed by atoms with Crippen molar-refractivity contribution in [1.82, 2.24) is 4.31 Å². The molecule has 2 aromatic rings. The first-order valence-electron chi connectivity index (χ1n) is 11.5. The number of sulfonamides is 1. The van der Waals surface area contributed by atoms with Crippen LogP contribution in [0.2, 0.25) is 0 Å². The number of nitrogens with one attached hydrogen (secondary N) is 1. The van der Waals surface area contributed by atoms with Crippen molar-refractivity contribution in [2.75, 3.05) is 29.9 Å². The van der Waals surface area contributed by atoms with Crippen molar-refractivity contribution in [2.24, 2.45) is 5.92 Å². The molecule has 0 spiro atoms. The highest BCUT2D eigenvalue weighted by Crippen LogP contribution is 2.28. The summed E-state index contributed by atoms with van der Waals surface area (Å²) in [5.41, 5.74) is 3.48. The van der Waals surface area contributed by atoms with Gasteiger partial charge in [0.2, 0.25) is 21.8 Å². The first-order chi connectivity index (χ1) is 15.7.